The van der Waals surface area contributed by atoms with Crippen molar-refractivity contribution >= 4 is 10.2 Å². The molecule has 102 valence electrons. The van der Waals surface area contributed by atoms with Gasteiger partial charge >= 0.3 is 0 Å². The summed E-state index contributed by atoms with van der Waals surface area (Å²) in [6.07, 6.45) is 1.43. The third-order valence-corrected chi connectivity index (χ3v) is 5.44. The molecule has 0 aromatic heterocycles. The molecule has 17 heavy (non-hydrogen) atoms. The second-order valence-electron chi connectivity index (χ2n) is 5.06. The summed E-state index contributed by atoms with van der Waals surface area (Å²) in [5.74, 6) is 0.994. The Morgan fingerprint density at radius 1 is 1.47 bits per heavy atom. The lowest BCUT2D eigenvalue weighted by Gasteiger charge is -2.24. The van der Waals surface area contributed by atoms with Gasteiger partial charge in [0.05, 0.1) is 0 Å². The Morgan fingerprint density at radius 2 is 2.12 bits per heavy atom. The van der Waals surface area contributed by atoms with E-state index in [2.05, 4.69) is 13.8 Å². The molecule has 0 aromatic rings. The Bertz CT molecular complexity index is 330. The van der Waals surface area contributed by atoms with E-state index in [1.807, 2.05) is 0 Å². The van der Waals surface area contributed by atoms with Crippen molar-refractivity contribution < 1.29 is 13.5 Å². The SMILES string of the molecule is CC(C)C1CCN(S(=O)(=O)N(C)CCCO)C1. The first-order chi connectivity index (χ1) is 7.89. The number of hydrogen-bond acceptors (Lipinski definition) is 3. The first-order valence-corrected chi connectivity index (χ1v) is 7.61. The van der Waals surface area contributed by atoms with Gasteiger partial charge in [-0.15, -0.1) is 0 Å². The fraction of sp³-hybridized carbons (Fsp3) is 1.00. The summed E-state index contributed by atoms with van der Waals surface area (Å²) in [7, 11) is -1.74. The molecule has 5 nitrogen and oxygen atoms in total. The predicted molar refractivity (Wildman–Crippen MR) is 67.8 cm³/mol. The Kier molecular flexibility index (Phi) is 5.37. The molecule has 0 amide bonds. The van der Waals surface area contributed by atoms with Crippen LogP contribution in [0.3, 0.4) is 0 Å². The molecular weight excluding hydrogens is 240 g/mol. The van der Waals surface area contributed by atoms with Crippen molar-refractivity contribution in [3.05, 3.63) is 0 Å². The molecule has 1 aliphatic rings. The molecule has 0 aliphatic carbocycles. The minimum absolute atomic E-state index is 0.0223. The third-order valence-electron chi connectivity index (χ3n) is 3.48. The summed E-state index contributed by atoms with van der Waals surface area (Å²) in [6.45, 7) is 5.92. The third kappa shape index (κ3) is 3.64. The molecule has 1 saturated heterocycles. The average Bonchev–Trinajstić information content (AvgIpc) is 2.75. The molecule has 0 saturated carbocycles. The Labute approximate surface area is 105 Å². The second-order valence-corrected chi connectivity index (χ2v) is 7.09. The van der Waals surface area contributed by atoms with Crippen LogP contribution in [0.1, 0.15) is 26.7 Å². The second kappa shape index (κ2) is 6.13. The van der Waals surface area contributed by atoms with Crippen molar-refractivity contribution in [1.29, 1.82) is 0 Å². The number of hydrogen-bond donors (Lipinski definition) is 1. The molecule has 0 radical (unpaired) electrons. The van der Waals surface area contributed by atoms with Gasteiger partial charge in [0.1, 0.15) is 0 Å². The van der Waals surface area contributed by atoms with Crippen LogP contribution in [-0.4, -0.2) is 55.4 Å². The van der Waals surface area contributed by atoms with Crippen molar-refractivity contribution in [2.45, 2.75) is 26.7 Å². The number of nitrogens with zero attached hydrogens (tertiary/aromatic N) is 2. The summed E-state index contributed by atoms with van der Waals surface area (Å²) in [5.41, 5.74) is 0. The topological polar surface area (TPSA) is 60.9 Å². The maximum Gasteiger partial charge on any atom is 0.281 e. The van der Waals surface area contributed by atoms with E-state index >= 15 is 0 Å². The van der Waals surface area contributed by atoms with Crippen molar-refractivity contribution in [1.82, 2.24) is 8.61 Å². The summed E-state index contributed by atoms with van der Waals surface area (Å²) in [6, 6.07) is 0. The zero-order valence-electron chi connectivity index (χ0n) is 11.0. The summed E-state index contributed by atoms with van der Waals surface area (Å²) >= 11 is 0. The summed E-state index contributed by atoms with van der Waals surface area (Å²) < 4.78 is 27.3. The van der Waals surface area contributed by atoms with E-state index in [4.69, 9.17) is 5.11 Å². The largest absolute Gasteiger partial charge is 0.396 e. The fourth-order valence-corrected chi connectivity index (χ4v) is 3.58. The molecular formula is C11H24N2O3S. The van der Waals surface area contributed by atoms with Crippen LogP contribution in [0.5, 0.6) is 0 Å². The van der Waals surface area contributed by atoms with Gasteiger partial charge in [-0.05, 0) is 24.7 Å². The molecule has 1 heterocycles. The van der Waals surface area contributed by atoms with E-state index in [-0.39, 0.29) is 6.61 Å². The standard InChI is InChI=1S/C11H24N2O3S/c1-10(2)11-5-7-13(9-11)17(15,16)12(3)6-4-8-14/h10-11,14H,4-9H2,1-3H3. The van der Waals surface area contributed by atoms with E-state index in [0.717, 1.165) is 6.42 Å². The molecule has 0 spiro atoms. The van der Waals surface area contributed by atoms with Crippen molar-refractivity contribution in [2.75, 3.05) is 33.3 Å². The minimum Gasteiger partial charge on any atom is -0.396 e. The molecule has 1 N–H and O–H groups in total. The molecule has 1 atom stereocenters. The van der Waals surface area contributed by atoms with Crippen LogP contribution in [0.15, 0.2) is 0 Å². The van der Waals surface area contributed by atoms with Crippen LogP contribution in [0.25, 0.3) is 0 Å². The zero-order chi connectivity index (χ0) is 13.1. The van der Waals surface area contributed by atoms with E-state index < -0.39 is 10.2 Å². The van der Waals surface area contributed by atoms with Gasteiger partial charge in [-0.1, -0.05) is 13.8 Å². The van der Waals surface area contributed by atoms with Gasteiger partial charge in [0, 0.05) is 33.3 Å². The fourth-order valence-electron chi connectivity index (χ4n) is 2.11. The van der Waals surface area contributed by atoms with Crippen molar-refractivity contribution in [2.24, 2.45) is 11.8 Å². The number of aliphatic hydroxyl groups is 1. The minimum atomic E-state index is -3.32. The normalized spacial score (nSPS) is 22.8. The van der Waals surface area contributed by atoms with Crippen LogP contribution >= 0.6 is 0 Å². The van der Waals surface area contributed by atoms with Crippen LogP contribution in [0, 0.1) is 11.8 Å². The van der Waals surface area contributed by atoms with Gasteiger partial charge in [0.25, 0.3) is 10.2 Å². The maximum atomic E-state index is 12.2. The van der Waals surface area contributed by atoms with Crippen molar-refractivity contribution in [3.63, 3.8) is 0 Å². The summed E-state index contributed by atoms with van der Waals surface area (Å²) in [5, 5.41) is 8.73. The molecule has 1 aliphatic heterocycles. The molecule has 0 bridgehead atoms. The number of rotatable bonds is 6. The molecule has 0 aromatic carbocycles. The van der Waals surface area contributed by atoms with Gasteiger partial charge in [-0.2, -0.15) is 17.0 Å². The van der Waals surface area contributed by atoms with Gasteiger partial charge in [-0.3, -0.25) is 0 Å². The van der Waals surface area contributed by atoms with Crippen LogP contribution in [0.2, 0.25) is 0 Å². The Morgan fingerprint density at radius 3 is 2.59 bits per heavy atom. The van der Waals surface area contributed by atoms with Crippen LogP contribution < -0.4 is 0 Å². The maximum absolute atomic E-state index is 12.2. The average molecular weight is 264 g/mol. The van der Waals surface area contributed by atoms with E-state index in [0.29, 0.717) is 37.9 Å². The van der Waals surface area contributed by atoms with Gasteiger partial charge in [0.2, 0.25) is 0 Å². The Balaban J connectivity index is 2.60. The van der Waals surface area contributed by atoms with Crippen LogP contribution in [0.4, 0.5) is 0 Å². The Hall–Kier alpha value is -0.170. The lowest BCUT2D eigenvalue weighted by atomic mass is 9.96. The van der Waals surface area contributed by atoms with E-state index in [9.17, 15) is 8.42 Å². The van der Waals surface area contributed by atoms with Crippen molar-refractivity contribution in [3.8, 4) is 0 Å². The first kappa shape index (κ1) is 14.9. The zero-order valence-corrected chi connectivity index (χ0v) is 11.8. The van der Waals surface area contributed by atoms with Crippen LogP contribution in [-0.2, 0) is 10.2 Å². The monoisotopic (exact) mass is 264 g/mol. The van der Waals surface area contributed by atoms with E-state index in [1.165, 1.54) is 4.31 Å². The lowest BCUT2D eigenvalue weighted by Crippen LogP contribution is -2.41. The number of aliphatic hydroxyl groups excluding tert-OH is 1. The van der Waals surface area contributed by atoms with Gasteiger partial charge < -0.3 is 5.11 Å². The highest BCUT2D eigenvalue weighted by atomic mass is 32.2. The molecule has 6 heteroatoms. The van der Waals surface area contributed by atoms with E-state index in [1.54, 1.807) is 11.4 Å². The highest BCUT2D eigenvalue weighted by molar-refractivity contribution is 7.86. The first-order valence-electron chi connectivity index (χ1n) is 6.22. The van der Waals surface area contributed by atoms with Gasteiger partial charge in [0.15, 0.2) is 0 Å². The molecule has 1 rings (SSSR count). The predicted octanol–water partition coefficient (Wildman–Crippen LogP) is 0.523. The van der Waals surface area contributed by atoms with Gasteiger partial charge in [-0.25, -0.2) is 0 Å². The quantitative estimate of drug-likeness (QED) is 0.761. The highest BCUT2D eigenvalue weighted by Gasteiger charge is 2.34. The lowest BCUT2D eigenvalue weighted by molar-refractivity contribution is 0.272. The summed E-state index contributed by atoms with van der Waals surface area (Å²) in [4.78, 5) is 0. The smallest absolute Gasteiger partial charge is 0.281 e. The highest BCUT2D eigenvalue weighted by Crippen LogP contribution is 2.26. The molecule has 1 fully saturated rings. The molecule has 1 unspecified atom stereocenters.